The van der Waals surface area contributed by atoms with Crippen LogP contribution in [0.4, 0.5) is 0 Å². The summed E-state index contributed by atoms with van der Waals surface area (Å²) in [5, 5.41) is 10.7. The van der Waals surface area contributed by atoms with Crippen LogP contribution in [-0.4, -0.2) is 59.6 Å². The second kappa shape index (κ2) is 8.35. The molecule has 8 heteroatoms. The van der Waals surface area contributed by atoms with Gasteiger partial charge in [-0.25, -0.2) is 9.59 Å². The Bertz CT molecular complexity index is 825. The fraction of sp³-hybridized carbons (Fsp3) is 0.591. The molecule has 1 aliphatic carbocycles. The highest BCUT2D eigenvalue weighted by atomic mass is 16.6. The van der Waals surface area contributed by atoms with Gasteiger partial charge < -0.3 is 24.1 Å². The zero-order chi connectivity index (χ0) is 22.2. The van der Waals surface area contributed by atoms with E-state index in [4.69, 9.17) is 18.9 Å². The quantitative estimate of drug-likeness (QED) is 0.241. The molecule has 0 unspecified atom stereocenters. The average molecular weight is 420 g/mol. The van der Waals surface area contributed by atoms with Gasteiger partial charge in [0, 0.05) is 30.9 Å². The molecule has 2 fully saturated rings. The van der Waals surface area contributed by atoms with E-state index in [0.29, 0.717) is 17.6 Å². The first-order valence-electron chi connectivity index (χ1n) is 9.99. The van der Waals surface area contributed by atoms with Crippen molar-refractivity contribution in [3.63, 3.8) is 0 Å². The summed E-state index contributed by atoms with van der Waals surface area (Å²) >= 11 is 0. The topological polar surface area (TPSA) is 112 Å². The molecule has 0 aromatic heterocycles. The van der Waals surface area contributed by atoms with Gasteiger partial charge in [-0.1, -0.05) is 12.7 Å². The maximum atomic E-state index is 12.5. The van der Waals surface area contributed by atoms with Crippen LogP contribution in [0.3, 0.4) is 0 Å². The van der Waals surface area contributed by atoms with Crippen molar-refractivity contribution in [2.45, 2.75) is 70.6 Å². The maximum absolute atomic E-state index is 12.5. The minimum Gasteiger partial charge on any atom is -0.461 e. The third-order valence-electron chi connectivity index (χ3n) is 6.00. The summed E-state index contributed by atoms with van der Waals surface area (Å²) in [6.07, 6.45) is 1.11. The molecular weight excluding hydrogens is 392 g/mol. The van der Waals surface area contributed by atoms with Crippen LogP contribution in [0.5, 0.6) is 0 Å². The predicted octanol–water partition coefficient (Wildman–Crippen LogP) is 1.76. The summed E-state index contributed by atoms with van der Waals surface area (Å²) < 4.78 is 22.1. The van der Waals surface area contributed by atoms with Crippen molar-refractivity contribution in [3.05, 3.63) is 35.5 Å². The highest BCUT2D eigenvalue weighted by molar-refractivity contribution is 5.92. The number of allylic oxidation sites excluding steroid dienone is 1. The smallest absolute Gasteiger partial charge is 0.334 e. The number of ether oxygens (including phenoxy) is 4. The van der Waals surface area contributed by atoms with Crippen LogP contribution in [0.2, 0.25) is 0 Å². The van der Waals surface area contributed by atoms with Gasteiger partial charge >= 0.3 is 17.9 Å². The van der Waals surface area contributed by atoms with E-state index in [9.17, 15) is 19.5 Å². The first-order valence-corrected chi connectivity index (χ1v) is 9.99. The number of rotatable bonds is 4. The Morgan fingerprint density at radius 1 is 1.40 bits per heavy atom. The number of carbonyl (C=O) groups excluding carboxylic acids is 3. The minimum atomic E-state index is -0.936. The number of aliphatic hydroxyl groups is 1. The largest absolute Gasteiger partial charge is 0.461 e. The van der Waals surface area contributed by atoms with Crippen molar-refractivity contribution in [1.29, 1.82) is 0 Å². The predicted molar refractivity (Wildman–Crippen MR) is 105 cm³/mol. The number of fused-ring (bicyclic) bond motifs is 2. The maximum Gasteiger partial charge on any atom is 0.334 e. The Morgan fingerprint density at radius 3 is 2.73 bits per heavy atom. The standard InChI is InChI=1S/C22H28O8/c1-6-11(2)20(25)29-17-9-22(5)18(30-22)8-15(24)14(10-27-13(4)23)7-16-19(17)12(3)21(26)28-16/h6-7,15-19,24H,3,8-10H2,1-2,4-5H3/b11-6+,14-7?/t15-,16-,17+,18+,19-,22-/m0/s1. The van der Waals surface area contributed by atoms with Gasteiger partial charge in [-0.3, -0.25) is 4.79 Å². The molecule has 0 amide bonds. The fourth-order valence-electron chi connectivity index (χ4n) is 3.94. The van der Waals surface area contributed by atoms with E-state index < -0.39 is 47.7 Å². The van der Waals surface area contributed by atoms with E-state index in [0.717, 1.165) is 0 Å². The molecule has 0 saturated carbocycles. The number of epoxide rings is 1. The van der Waals surface area contributed by atoms with Crippen molar-refractivity contribution in [2.24, 2.45) is 5.92 Å². The Labute approximate surface area is 175 Å². The lowest BCUT2D eigenvalue weighted by molar-refractivity contribution is -0.148. The van der Waals surface area contributed by atoms with Crippen molar-refractivity contribution in [2.75, 3.05) is 6.61 Å². The van der Waals surface area contributed by atoms with Crippen LogP contribution >= 0.6 is 0 Å². The molecule has 3 rings (SSSR count). The lowest BCUT2D eigenvalue weighted by Gasteiger charge is -2.29. The molecule has 3 aliphatic rings. The molecule has 8 nitrogen and oxygen atoms in total. The Balaban J connectivity index is 1.99. The van der Waals surface area contributed by atoms with E-state index in [1.54, 1.807) is 26.0 Å². The van der Waals surface area contributed by atoms with Crippen molar-refractivity contribution in [3.8, 4) is 0 Å². The molecule has 1 N–H and O–H groups in total. The molecule has 30 heavy (non-hydrogen) atoms. The molecule has 0 spiro atoms. The molecule has 2 saturated heterocycles. The van der Waals surface area contributed by atoms with Crippen molar-refractivity contribution >= 4 is 17.9 Å². The van der Waals surface area contributed by atoms with Crippen LogP contribution in [-0.2, 0) is 33.3 Å². The van der Waals surface area contributed by atoms with Gasteiger partial charge in [0.05, 0.1) is 23.7 Å². The SMILES string of the molecule is C=C1C(=O)O[C@H]2C=C(COC(C)=O)[C@@H](O)C[C@H]3O[C@@]3(C)C[C@@H](OC(=O)/C(C)=C/C)[C@@H]12. The van der Waals surface area contributed by atoms with Crippen LogP contribution in [0.1, 0.15) is 40.5 Å². The van der Waals surface area contributed by atoms with Crippen LogP contribution in [0.25, 0.3) is 0 Å². The fourth-order valence-corrected chi connectivity index (χ4v) is 3.94. The number of hydrogen-bond donors (Lipinski definition) is 1. The van der Waals surface area contributed by atoms with Crippen LogP contribution in [0.15, 0.2) is 35.5 Å². The highest BCUT2D eigenvalue weighted by Crippen LogP contribution is 2.48. The molecule has 0 bridgehead atoms. The van der Waals surface area contributed by atoms with Gasteiger partial charge in [-0.15, -0.1) is 0 Å². The van der Waals surface area contributed by atoms with Crippen LogP contribution in [0, 0.1) is 5.92 Å². The van der Waals surface area contributed by atoms with E-state index in [2.05, 4.69) is 6.58 Å². The molecule has 164 valence electrons. The number of aliphatic hydroxyl groups excluding tert-OH is 1. The van der Waals surface area contributed by atoms with Crippen molar-refractivity contribution in [1.82, 2.24) is 0 Å². The van der Waals surface area contributed by atoms with E-state index >= 15 is 0 Å². The summed E-state index contributed by atoms with van der Waals surface area (Å²) in [6, 6.07) is 0. The summed E-state index contributed by atoms with van der Waals surface area (Å²) in [6.45, 7) is 10.2. The Kier molecular flexibility index (Phi) is 6.19. The molecule has 0 aromatic carbocycles. The summed E-state index contributed by atoms with van der Waals surface area (Å²) in [5.74, 6) is -2.23. The first-order chi connectivity index (χ1) is 14.1. The zero-order valence-corrected chi connectivity index (χ0v) is 17.7. The summed E-state index contributed by atoms with van der Waals surface area (Å²) in [4.78, 5) is 36.1. The number of hydrogen-bond acceptors (Lipinski definition) is 8. The molecule has 0 radical (unpaired) electrons. The summed E-state index contributed by atoms with van der Waals surface area (Å²) in [7, 11) is 0. The second-order valence-electron chi connectivity index (χ2n) is 8.23. The minimum absolute atomic E-state index is 0.144. The number of carbonyl (C=O) groups is 3. The summed E-state index contributed by atoms with van der Waals surface area (Å²) in [5.41, 5.74) is 0.405. The van der Waals surface area contributed by atoms with Gasteiger partial charge in [0.2, 0.25) is 0 Å². The molecule has 0 aromatic rings. The lowest BCUT2D eigenvalue weighted by Crippen LogP contribution is -2.38. The van der Waals surface area contributed by atoms with Gasteiger partial charge in [-0.2, -0.15) is 0 Å². The Hall–Kier alpha value is -2.45. The van der Waals surface area contributed by atoms with Crippen molar-refractivity contribution < 1.29 is 38.4 Å². The molecule has 6 atom stereocenters. The van der Waals surface area contributed by atoms with Gasteiger partial charge in [-0.05, 0) is 32.4 Å². The Morgan fingerprint density at radius 2 is 2.10 bits per heavy atom. The van der Waals surface area contributed by atoms with E-state index in [1.165, 1.54) is 6.92 Å². The first kappa shape index (κ1) is 22.2. The average Bonchev–Trinajstić information content (AvgIpc) is 3.20. The van der Waals surface area contributed by atoms with Gasteiger partial charge in [0.1, 0.15) is 18.8 Å². The van der Waals surface area contributed by atoms with Gasteiger partial charge in [0.15, 0.2) is 0 Å². The number of esters is 3. The highest BCUT2D eigenvalue weighted by Gasteiger charge is 2.57. The second-order valence-corrected chi connectivity index (χ2v) is 8.23. The normalized spacial score (nSPS) is 36.1. The van der Waals surface area contributed by atoms with Crippen LogP contribution < -0.4 is 0 Å². The third-order valence-corrected chi connectivity index (χ3v) is 6.00. The third kappa shape index (κ3) is 4.49. The molecule has 2 heterocycles. The monoisotopic (exact) mass is 420 g/mol. The van der Waals surface area contributed by atoms with Gasteiger partial charge in [0.25, 0.3) is 0 Å². The lowest BCUT2D eigenvalue weighted by atomic mass is 9.82. The molecular formula is C22H28O8. The zero-order valence-electron chi connectivity index (χ0n) is 17.7. The van der Waals surface area contributed by atoms with E-state index in [1.807, 2.05) is 6.92 Å². The molecule has 2 aliphatic heterocycles. The van der Waals surface area contributed by atoms with E-state index in [-0.39, 0.29) is 24.7 Å².